The van der Waals surface area contributed by atoms with Gasteiger partial charge in [0.25, 0.3) is 0 Å². The van der Waals surface area contributed by atoms with Crippen molar-refractivity contribution < 1.29 is 9.47 Å². The molecular formula is C26H32N8O2. The van der Waals surface area contributed by atoms with Crippen molar-refractivity contribution in [3.63, 3.8) is 0 Å². The van der Waals surface area contributed by atoms with Gasteiger partial charge in [-0.25, -0.2) is 15.0 Å². The van der Waals surface area contributed by atoms with E-state index in [4.69, 9.17) is 19.4 Å². The lowest BCUT2D eigenvalue weighted by Crippen LogP contribution is -2.58. The van der Waals surface area contributed by atoms with Crippen molar-refractivity contribution in [3.05, 3.63) is 42.0 Å². The number of pyridine rings is 2. The predicted octanol–water partition coefficient (Wildman–Crippen LogP) is 2.49. The number of likely N-dealkylation sites (tertiary alicyclic amines) is 1. The van der Waals surface area contributed by atoms with Crippen LogP contribution in [0.3, 0.4) is 0 Å². The van der Waals surface area contributed by atoms with Crippen molar-refractivity contribution in [1.29, 1.82) is 0 Å². The van der Waals surface area contributed by atoms with Gasteiger partial charge in [-0.15, -0.1) is 0 Å². The molecule has 4 aliphatic rings. The number of hydrogen-bond acceptors (Lipinski definition) is 9. The molecule has 0 amide bonds. The summed E-state index contributed by atoms with van der Waals surface area (Å²) in [5.74, 6) is 2.69. The first kappa shape index (κ1) is 22.0. The van der Waals surface area contributed by atoms with Crippen molar-refractivity contribution in [3.8, 4) is 17.3 Å². The van der Waals surface area contributed by atoms with Gasteiger partial charge >= 0.3 is 0 Å². The molecular weight excluding hydrogens is 456 g/mol. The highest BCUT2D eigenvalue weighted by molar-refractivity contribution is 5.79. The largest absolute Gasteiger partial charge is 0.484 e. The normalized spacial score (nSPS) is 21.1. The standard InChI is InChI=1S/C26H32N8O2/c1-4-28-25-19(22(1)34-9-11-35-12-10-34)16-36-24-21(32-25)13-20(31-23(24)26-29-5-6-30-26)17-2-7-33(8-3-17)18-14-27-15-18/h1,4-6,13,17-18,27H,2-3,7-12,14-16H2,(H,28,32)(H,29,30). The van der Waals surface area contributed by atoms with Gasteiger partial charge in [-0.2, -0.15) is 0 Å². The average Bonchev–Trinajstić information content (AvgIpc) is 3.36. The average molecular weight is 489 g/mol. The Morgan fingerprint density at radius 2 is 1.86 bits per heavy atom. The molecule has 0 atom stereocenters. The summed E-state index contributed by atoms with van der Waals surface area (Å²) in [7, 11) is 0. The van der Waals surface area contributed by atoms with E-state index in [9.17, 15) is 0 Å². The number of imidazole rings is 1. The molecule has 0 aliphatic carbocycles. The maximum Gasteiger partial charge on any atom is 0.172 e. The third-order valence-corrected chi connectivity index (χ3v) is 7.94. The minimum absolute atomic E-state index is 0.408. The van der Waals surface area contributed by atoms with Crippen LogP contribution in [-0.4, -0.2) is 83.4 Å². The molecule has 36 heavy (non-hydrogen) atoms. The fraction of sp³-hybridized carbons (Fsp3) is 0.500. The number of hydrogen-bond donors (Lipinski definition) is 3. The van der Waals surface area contributed by atoms with E-state index in [2.05, 4.69) is 42.5 Å². The first-order chi connectivity index (χ1) is 17.8. The third kappa shape index (κ3) is 3.99. The summed E-state index contributed by atoms with van der Waals surface area (Å²) in [5.41, 5.74) is 4.96. The molecule has 0 unspecified atom stereocenters. The van der Waals surface area contributed by atoms with E-state index in [0.717, 1.165) is 111 Å². The third-order valence-electron chi connectivity index (χ3n) is 7.94. The summed E-state index contributed by atoms with van der Waals surface area (Å²) < 4.78 is 12.0. The molecule has 10 nitrogen and oxygen atoms in total. The molecule has 4 aliphatic heterocycles. The lowest BCUT2D eigenvalue weighted by molar-refractivity contribution is 0.112. The van der Waals surface area contributed by atoms with Crippen LogP contribution in [0.5, 0.6) is 5.75 Å². The topological polar surface area (TPSA) is 103 Å². The Labute approximate surface area is 210 Å². The number of aromatic amines is 1. The molecule has 0 saturated carbocycles. The highest BCUT2D eigenvalue weighted by atomic mass is 16.5. The van der Waals surface area contributed by atoms with Crippen LogP contribution in [-0.2, 0) is 11.3 Å². The lowest BCUT2D eigenvalue weighted by Gasteiger charge is -2.42. The molecule has 3 N–H and O–H groups in total. The zero-order valence-corrected chi connectivity index (χ0v) is 20.4. The van der Waals surface area contributed by atoms with Gasteiger partial charge in [-0.3, -0.25) is 4.90 Å². The van der Waals surface area contributed by atoms with Gasteiger partial charge in [0.15, 0.2) is 11.6 Å². The molecule has 0 aromatic carbocycles. The van der Waals surface area contributed by atoms with Crippen LogP contribution in [0.15, 0.2) is 30.7 Å². The zero-order chi connectivity index (χ0) is 23.9. The minimum Gasteiger partial charge on any atom is -0.484 e. The molecule has 3 aromatic heterocycles. The first-order valence-corrected chi connectivity index (χ1v) is 13.0. The van der Waals surface area contributed by atoms with E-state index in [1.807, 2.05) is 12.4 Å². The van der Waals surface area contributed by atoms with Crippen LogP contribution in [0.1, 0.15) is 30.0 Å². The maximum atomic E-state index is 6.48. The Morgan fingerprint density at radius 3 is 2.61 bits per heavy atom. The van der Waals surface area contributed by atoms with Crippen LogP contribution in [0.2, 0.25) is 0 Å². The second kappa shape index (κ2) is 9.34. The number of fused-ring (bicyclic) bond motifs is 2. The number of anilines is 3. The van der Waals surface area contributed by atoms with Crippen molar-refractivity contribution in [2.75, 3.05) is 62.7 Å². The Bertz CT molecular complexity index is 1210. The van der Waals surface area contributed by atoms with Crippen LogP contribution >= 0.6 is 0 Å². The smallest absolute Gasteiger partial charge is 0.172 e. The molecule has 188 valence electrons. The van der Waals surface area contributed by atoms with Gasteiger partial charge in [-0.05, 0) is 38.1 Å². The maximum absolute atomic E-state index is 6.48. The summed E-state index contributed by atoms with van der Waals surface area (Å²) in [6, 6.07) is 4.95. The Balaban J connectivity index is 1.23. The van der Waals surface area contributed by atoms with Gasteiger partial charge in [0.1, 0.15) is 18.1 Å². The molecule has 3 fully saturated rings. The molecule has 10 heteroatoms. The van der Waals surface area contributed by atoms with Crippen molar-refractivity contribution in [2.45, 2.75) is 31.4 Å². The van der Waals surface area contributed by atoms with Crippen molar-refractivity contribution in [2.24, 2.45) is 0 Å². The minimum atomic E-state index is 0.408. The fourth-order valence-electron chi connectivity index (χ4n) is 5.75. The van der Waals surface area contributed by atoms with E-state index < -0.39 is 0 Å². The second-order valence-corrected chi connectivity index (χ2v) is 10.0. The number of piperidine rings is 1. The molecule has 0 radical (unpaired) electrons. The summed E-state index contributed by atoms with van der Waals surface area (Å²) >= 11 is 0. The van der Waals surface area contributed by atoms with Gasteiger partial charge in [0.05, 0.1) is 24.5 Å². The number of H-pyrrole nitrogens is 1. The van der Waals surface area contributed by atoms with Crippen molar-refractivity contribution in [1.82, 2.24) is 30.2 Å². The molecule has 0 bridgehead atoms. The number of morpholine rings is 1. The van der Waals surface area contributed by atoms with Crippen LogP contribution in [0.25, 0.3) is 11.5 Å². The number of rotatable bonds is 4. The Hall–Kier alpha value is -3.21. The first-order valence-electron chi connectivity index (χ1n) is 13.0. The predicted molar refractivity (Wildman–Crippen MR) is 137 cm³/mol. The zero-order valence-electron chi connectivity index (χ0n) is 20.4. The number of nitrogens with zero attached hydrogens (tertiary/aromatic N) is 5. The summed E-state index contributed by atoms with van der Waals surface area (Å²) in [4.78, 5) is 22.6. The monoisotopic (exact) mass is 488 g/mol. The summed E-state index contributed by atoms with van der Waals surface area (Å²) in [5, 5.41) is 7.01. The summed E-state index contributed by atoms with van der Waals surface area (Å²) in [6.45, 7) is 8.07. The van der Waals surface area contributed by atoms with E-state index in [0.29, 0.717) is 18.6 Å². The van der Waals surface area contributed by atoms with E-state index in [-0.39, 0.29) is 0 Å². The van der Waals surface area contributed by atoms with Crippen molar-refractivity contribution >= 4 is 17.2 Å². The number of aromatic nitrogens is 4. The highest BCUT2D eigenvalue weighted by Gasteiger charge is 2.32. The molecule has 3 aromatic rings. The summed E-state index contributed by atoms with van der Waals surface area (Å²) in [6.07, 6.45) is 7.69. The molecule has 7 heterocycles. The Morgan fingerprint density at radius 1 is 1.00 bits per heavy atom. The molecule has 7 rings (SSSR count). The van der Waals surface area contributed by atoms with Gasteiger partial charge in [0, 0.05) is 68.1 Å². The SMILES string of the molecule is c1c[nH]c(-c2nc(C3CCN(C4CNC4)CC3)cc3c2OCc2c(N4CCOCC4)ccnc2N3)n1. The van der Waals surface area contributed by atoms with Crippen LogP contribution in [0, 0.1) is 0 Å². The fourth-order valence-corrected chi connectivity index (χ4v) is 5.75. The van der Waals surface area contributed by atoms with Gasteiger partial charge < -0.3 is 30.0 Å². The second-order valence-electron chi connectivity index (χ2n) is 10.0. The van der Waals surface area contributed by atoms with E-state index >= 15 is 0 Å². The number of ether oxygens (including phenoxy) is 2. The van der Waals surface area contributed by atoms with Crippen LogP contribution < -0.4 is 20.3 Å². The van der Waals surface area contributed by atoms with E-state index in [1.54, 1.807) is 6.20 Å². The molecule has 3 saturated heterocycles. The van der Waals surface area contributed by atoms with E-state index in [1.165, 1.54) is 0 Å². The molecule has 0 spiro atoms. The quantitative estimate of drug-likeness (QED) is 0.511. The lowest BCUT2D eigenvalue weighted by atomic mass is 9.91. The number of nitrogens with one attached hydrogen (secondary N) is 3. The highest BCUT2D eigenvalue weighted by Crippen LogP contribution is 2.43. The van der Waals surface area contributed by atoms with Gasteiger partial charge in [-0.1, -0.05) is 0 Å². The van der Waals surface area contributed by atoms with Gasteiger partial charge in [0.2, 0.25) is 0 Å². The van der Waals surface area contributed by atoms with Crippen LogP contribution in [0.4, 0.5) is 17.2 Å². The Kier molecular flexibility index (Phi) is 5.72.